The summed E-state index contributed by atoms with van der Waals surface area (Å²) in [4.78, 5) is 11.1. The van der Waals surface area contributed by atoms with Gasteiger partial charge >= 0.3 is 0 Å². The molecule has 2 aromatic heterocycles. The van der Waals surface area contributed by atoms with Crippen LogP contribution in [0.15, 0.2) is 34.6 Å². The van der Waals surface area contributed by atoms with Crippen LogP contribution in [0.5, 0.6) is 0 Å². The van der Waals surface area contributed by atoms with Gasteiger partial charge in [-0.05, 0) is 30.5 Å². The lowest BCUT2D eigenvalue weighted by molar-refractivity contribution is 0.0177. The first-order valence-electron chi connectivity index (χ1n) is 9.86. The summed E-state index contributed by atoms with van der Waals surface area (Å²) < 4.78 is 5.56. The van der Waals surface area contributed by atoms with Crippen molar-refractivity contribution in [1.82, 2.24) is 15.5 Å². The molecular weight excluding hydrogens is 388 g/mol. The zero-order valence-corrected chi connectivity index (χ0v) is 19.0. The van der Waals surface area contributed by atoms with Crippen molar-refractivity contribution in [3.63, 3.8) is 0 Å². The lowest BCUT2D eigenvalue weighted by Gasteiger charge is -2.34. The predicted octanol–water partition coefficient (Wildman–Crippen LogP) is 3.63. The smallest absolute Gasteiger partial charge is 0.191 e. The molecule has 0 aromatic carbocycles. The number of aliphatic imine (C=N–C) groups is 1. The molecule has 1 unspecified atom stereocenters. The van der Waals surface area contributed by atoms with E-state index in [1.807, 2.05) is 29.7 Å². The van der Waals surface area contributed by atoms with Crippen LogP contribution in [0.3, 0.4) is 0 Å². The van der Waals surface area contributed by atoms with Crippen LogP contribution in [0, 0.1) is 6.92 Å². The van der Waals surface area contributed by atoms with Gasteiger partial charge in [-0.2, -0.15) is 0 Å². The number of nitrogens with one attached hydrogen (secondary N) is 2. The van der Waals surface area contributed by atoms with Crippen LogP contribution in [0.4, 0.5) is 0 Å². The van der Waals surface area contributed by atoms with E-state index in [0.717, 1.165) is 45.4 Å². The predicted molar refractivity (Wildman–Crippen MR) is 121 cm³/mol. The zero-order chi connectivity index (χ0) is 20.0. The van der Waals surface area contributed by atoms with Gasteiger partial charge in [-0.15, -0.1) is 22.7 Å². The van der Waals surface area contributed by atoms with Crippen molar-refractivity contribution < 1.29 is 4.74 Å². The van der Waals surface area contributed by atoms with Crippen molar-refractivity contribution in [3.8, 4) is 0 Å². The molecule has 3 heterocycles. The summed E-state index contributed by atoms with van der Waals surface area (Å²) in [6, 6.07) is 9.13. The summed E-state index contributed by atoms with van der Waals surface area (Å²) in [5.74, 6) is 0.858. The van der Waals surface area contributed by atoms with Gasteiger partial charge in [0.25, 0.3) is 0 Å². The van der Waals surface area contributed by atoms with Crippen molar-refractivity contribution in [2.24, 2.45) is 4.99 Å². The van der Waals surface area contributed by atoms with Crippen molar-refractivity contribution in [1.29, 1.82) is 0 Å². The second-order valence-electron chi connectivity index (χ2n) is 7.78. The van der Waals surface area contributed by atoms with Gasteiger partial charge in [0.1, 0.15) is 0 Å². The Kier molecular flexibility index (Phi) is 7.51. The van der Waals surface area contributed by atoms with E-state index in [1.165, 1.54) is 14.6 Å². The number of thiophene rings is 2. The molecule has 1 fully saturated rings. The van der Waals surface area contributed by atoms with Crippen LogP contribution < -0.4 is 10.6 Å². The van der Waals surface area contributed by atoms with Crippen molar-refractivity contribution in [2.75, 3.05) is 46.4 Å². The average Bonchev–Trinajstić information content (AvgIpc) is 3.38. The molecule has 0 saturated carbocycles. The van der Waals surface area contributed by atoms with Crippen molar-refractivity contribution in [3.05, 3.63) is 44.3 Å². The van der Waals surface area contributed by atoms with E-state index < -0.39 is 0 Å². The Morgan fingerprint density at radius 2 is 2.04 bits per heavy atom. The lowest BCUT2D eigenvalue weighted by atomic mass is 9.91. The highest BCUT2D eigenvalue weighted by Gasteiger charge is 2.25. The maximum atomic E-state index is 5.56. The van der Waals surface area contributed by atoms with E-state index in [4.69, 9.17) is 4.74 Å². The molecule has 1 atom stereocenters. The molecule has 0 amide bonds. The Labute approximate surface area is 176 Å². The standard InChI is InChI=1S/C21H32N4OS2/c1-16-7-8-18(28-16)17(25-9-11-26-12-10-25)14-23-20(22-4)24-15-21(2,3)19-6-5-13-27-19/h5-8,13,17H,9-12,14-15H2,1-4H3,(H2,22,23,24). The van der Waals surface area contributed by atoms with Crippen LogP contribution in [0.2, 0.25) is 0 Å². The zero-order valence-electron chi connectivity index (χ0n) is 17.3. The van der Waals surface area contributed by atoms with Crippen molar-refractivity contribution >= 4 is 28.6 Å². The molecule has 154 valence electrons. The number of aryl methyl sites for hydroxylation is 1. The highest BCUT2D eigenvalue weighted by atomic mass is 32.1. The van der Waals surface area contributed by atoms with Gasteiger partial charge in [-0.1, -0.05) is 19.9 Å². The quantitative estimate of drug-likeness (QED) is 0.530. The summed E-state index contributed by atoms with van der Waals surface area (Å²) in [7, 11) is 1.84. The van der Waals surface area contributed by atoms with E-state index in [0.29, 0.717) is 6.04 Å². The van der Waals surface area contributed by atoms with Crippen LogP contribution in [-0.2, 0) is 10.2 Å². The Bertz CT molecular complexity index is 748. The summed E-state index contributed by atoms with van der Waals surface area (Å²) in [6.07, 6.45) is 0. The number of nitrogens with zero attached hydrogens (tertiary/aromatic N) is 2. The number of morpholine rings is 1. The van der Waals surface area contributed by atoms with Crippen LogP contribution in [-0.4, -0.2) is 57.3 Å². The molecule has 1 aliphatic rings. The average molecular weight is 421 g/mol. The van der Waals surface area contributed by atoms with Gasteiger partial charge in [0.15, 0.2) is 5.96 Å². The minimum atomic E-state index is 0.0697. The molecule has 0 aliphatic carbocycles. The largest absolute Gasteiger partial charge is 0.379 e. The van der Waals surface area contributed by atoms with E-state index in [-0.39, 0.29) is 5.41 Å². The topological polar surface area (TPSA) is 48.9 Å². The van der Waals surface area contributed by atoms with Gasteiger partial charge in [0.05, 0.1) is 19.3 Å². The molecule has 3 rings (SSSR count). The fourth-order valence-corrected chi connectivity index (χ4v) is 5.27. The fourth-order valence-electron chi connectivity index (χ4n) is 3.40. The molecule has 2 aromatic rings. The second kappa shape index (κ2) is 9.87. The molecule has 0 spiro atoms. The number of ether oxygens (including phenoxy) is 1. The molecule has 1 aliphatic heterocycles. The molecular formula is C21H32N4OS2. The summed E-state index contributed by atoms with van der Waals surface area (Å²) in [5.41, 5.74) is 0.0697. The Morgan fingerprint density at radius 3 is 2.64 bits per heavy atom. The van der Waals surface area contributed by atoms with Gasteiger partial charge in [0.2, 0.25) is 0 Å². The monoisotopic (exact) mass is 420 g/mol. The number of rotatable bonds is 7. The third-order valence-electron chi connectivity index (χ3n) is 5.15. The van der Waals surface area contributed by atoms with E-state index >= 15 is 0 Å². The minimum absolute atomic E-state index is 0.0697. The van der Waals surface area contributed by atoms with E-state index in [9.17, 15) is 0 Å². The SMILES string of the molecule is CN=C(NCC(c1ccc(C)s1)N1CCOCC1)NCC(C)(C)c1cccs1. The van der Waals surface area contributed by atoms with Gasteiger partial charge < -0.3 is 15.4 Å². The second-order valence-corrected chi connectivity index (χ2v) is 10.0. The third-order valence-corrected chi connectivity index (χ3v) is 7.49. The first-order chi connectivity index (χ1) is 13.5. The first kappa shape index (κ1) is 21.3. The van der Waals surface area contributed by atoms with Crippen LogP contribution in [0.25, 0.3) is 0 Å². The number of hydrogen-bond acceptors (Lipinski definition) is 5. The maximum absolute atomic E-state index is 5.56. The molecule has 28 heavy (non-hydrogen) atoms. The van der Waals surface area contributed by atoms with Crippen LogP contribution in [0.1, 0.15) is 34.5 Å². The summed E-state index contributed by atoms with van der Waals surface area (Å²) >= 11 is 3.69. The van der Waals surface area contributed by atoms with Gasteiger partial charge in [-0.3, -0.25) is 9.89 Å². The normalized spacial score (nSPS) is 17.5. The maximum Gasteiger partial charge on any atom is 0.191 e. The van der Waals surface area contributed by atoms with E-state index in [2.05, 4.69) is 70.9 Å². The molecule has 2 N–H and O–H groups in total. The summed E-state index contributed by atoms with van der Waals surface area (Å²) in [5, 5.41) is 9.22. The van der Waals surface area contributed by atoms with E-state index in [1.54, 1.807) is 0 Å². The first-order valence-corrected chi connectivity index (χ1v) is 11.6. The lowest BCUT2D eigenvalue weighted by Crippen LogP contribution is -2.47. The Balaban J connectivity index is 1.60. The summed E-state index contributed by atoms with van der Waals surface area (Å²) in [6.45, 7) is 11.9. The highest BCUT2D eigenvalue weighted by Crippen LogP contribution is 2.28. The number of hydrogen-bond donors (Lipinski definition) is 2. The molecule has 0 radical (unpaired) electrons. The third kappa shape index (κ3) is 5.56. The molecule has 1 saturated heterocycles. The highest BCUT2D eigenvalue weighted by molar-refractivity contribution is 7.12. The molecule has 7 heteroatoms. The minimum Gasteiger partial charge on any atom is -0.379 e. The molecule has 0 bridgehead atoms. The van der Waals surface area contributed by atoms with Gasteiger partial charge in [0, 0.05) is 53.3 Å². The Hall–Kier alpha value is -1.41. The Morgan fingerprint density at radius 1 is 1.25 bits per heavy atom. The number of guanidine groups is 1. The van der Waals surface area contributed by atoms with Crippen molar-refractivity contribution in [2.45, 2.75) is 32.2 Å². The fraction of sp³-hybridized carbons (Fsp3) is 0.571. The van der Waals surface area contributed by atoms with Crippen LogP contribution >= 0.6 is 22.7 Å². The van der Waals surface area contributed by atoms with Gasteiger partial charge in [-0.25, -0.2) is 0 Å². The molecule has 5 nitrogen and oxygen atoms in total.